The predicted octanol–water partition coefficient (Wildman–Crippen LogP) is 3.75. The zero-order valence-corrected chi connectivity index (χ0v) is 16.7. The van der Waals surface area contributed by atoms with E-state index in [-0.39, 0.29) is 11.6 Å². The topological polar surface area (TPSA) is 87.0 Å². The Kier molecular flexibility index (Phi) is 7.92. The quantitative estimate of drug-likeness (QED) is 0.623. The molecule has 0 aliphatic rings. The van der Waals surface area contributed by atoms with Crippen LogP contribution in [-0.4, -0.2) is 32.2 Å². The Hall–Kier alpha value is -2.96. The fourth-order valence-corrected chi connectivity index (χ4v) is 2.42. The van der Waals surface area contributed by atoms with Crippen molar-refractivity contribution in [2.24, 2.45) is 5.92 Å². The molecule has 7 nitrogen and oxygen atoms in total. The van der Waals surface area contributed by atoms with Crippen LogP contribution in [0.2, 0.25) is 0 Å². The molecule has 2 aromatic rings. The number of nitrogens with one attached hydrogen (secondary N) is 1. The van der Waals surface area contributed by atoms with Crippen molar-refractivity contribution in [3.05, 3.63) is 47.9 Å². The van der Waals surface area contributed by atoms with Gasteiger partial charge in [-0.2, -0.15) is 0 Å². The van der Waals surface area contributed by atoms with Crippen molar-refractivity contribution in [2.45, 2.75) is 33.2 Å². The summed E-state index contributed by atoms with van der Waals surface area (Å²) in [5.74, 6) is 1.11. The number of benzene rings is 1. The number of methoxy groups -OCH3 is 1. The van der Waals surface area contributed by atoms with E-state index in [4.69, 9.17) is 18.6 Å². The van der Waals surface area contributed by atoms with Crippen LogP contribution >= 0.6 is 0 Å². The van der Waals surface area contributed by atoms with Crippen molar-refractivity contribution >= 4 is 11.9 Å². The van der Waals surface area contributed by atoms with Gasteiger partial charge in [0.2, 0.25) is 0 Å². The fraction of sp³-hybridized carbons (Fsp3) is 0.429. The molecule has 0 spiro atoms. The van der Waals surface area contributed by atoms with Crippen LogP contribution in [0.5, 0.6) is 11.5 Å². The number of furan rings is 1. The summed E-state index contributed by atoms with van der Waals surface area (Å²) in [7, 11) is 1.50. The molecule has 1 aromatic heterocycles. The highest BCUT2D eigenvalue weighted by Gasteiger charge is 2.16. The van der Waals surface area contributed by atoms with Crippen LogP contribution in [0.25, 0.3) is 0 Å². The lowest BCUT2D eigenvalue weighted by Crippen LogP contribution is -2.31. The Labute approximate surface area is 165 Å². The van der Waals surface area contributed by atoms with Gasteiger partial charge >= 0.3 is 5.97 Å². The summed E-state index contributed by atoms with van der Waals surface area (Å²) < 4.78 is 21.3. The molecule has 28 heavy (non-hydrogen) atoms. The van der Waals surface area contributed by atoms with Gasteiger partial charge in [-0.05, 0) is 49.6 Å². The van der Waals surface area contributed by atoms with Crippen molar-refractivity contribution in [3.63, 3.8) is 0 Å². The largest absolute Gasteiger partial charge is 0.493 e. The highest BCUT2D eigenvalue weighted by Crippen LogP contribution is 2.28. The SMILES string of the molecule is COc1cc(C(=O)OCC(=O)N[C@@H](C)c2ccco2)ccc1OCCC(C)C. The highest BCUT2D eigenvalue weighted by atomic mass is 16.5. The summed E-state index contributed by atoms with van der Waals surface area (Å²) in [6.07, 6.45) is 2.44. The smallest absolute Gasteiger partial charge is 0.338 e. The van der Waals surface area contributed by atoms with Crippen LogP contribution in [0.1, 0.15) is 49.4 Å². The molecule has 0 radical (unpaired) electrons. The Bertz CT molecular complexity index is 769. The lowest BCUT2D eigenvalue weighted by Gasteiger charge is -2.13. The zero-order chi connectivity index (χ0) is 20.5. The summed E-state index contributed by atoms with van der Waals surface area (Å²) in [6.45, 7) is 6.18. The molecule has 0 fully saturated rings. The first kappa shape index (κ1) is 21.3. The molecule has 0 bridgehead atoms. The maximum Gasteiger partial charge on any atom is 0.338 e. The van der Waals surface area contributed by atoms with Gasteiger partial charge in [-0.25, -0.2) is 4.79 Å². The van der Waals surface area contributed by atoms with E-state index >= 15 is 0 Å². The lowest BCUT2D eigenvalue weighted by molar-refractivity contribution is -0.125. The van der Waals surface area contributed by atoms with Gasteiger partial charge in [0, 0.05) is 0 Å². The second kappa shape index (κ2) is 10.4. The van der Waals surface area contributed by atoms with E-state index < -0.39 is 18.5 Å². The maximum atomic E-state index is 12.2. The molecule has 1 amide bonds. The van der Waals surface area contributed by atoms with Crippen molar-refractivity contribution in [3.8, 4) is 11.5 Å². The summed E-state index contributed by atoms with van der Waals surface area (Å²) in [4.78, 5) is 24.2. The molecule has 0 saturated carbocycles. The van der Waals surface area contributed by atoms with E-state index in [0.29, 0.717) is 29.8 Å². The first-order valence-electron chi connectivity index (χ1n) is 9.21. The van der Waals surface area contributed by atoms with Crippen molar-refractivity contribution in [2.75, 3.05) is 20.3 Å². The van der Waals surface area contributed by atoms with E-state index in [0.717, 1.165) is 6.42 Å². The van der Waals surface area contributed by atoms with Gasteiger partial charge in [-0.3, -0.25) is 4.79 Å². The van der Waals surface area contributed by atoms with Crippen LogP contribution in [-0.2, 0) is 9.53 Å². The van der Waals surface area contributed by atoms with Gasteiger partial charge in [0.25, 0.3) is 5.91 Å². The number of ether oxygens (including phenoxy) is 3. The number of carbonyl (C=O) groups is 2. The van der Waals surface area contributed by atoms with E-state index in [1.54, 1.807) is 31.2 Å². The van der Waals surface area contributed by atoms with E-state index in [2.05, 4.69) is 19.2 Å². The molecule has 0 aliphatic heterocycles. The Morgan fingerprint density at radius 3 is 2.57 bits per heavy atom. The second-order valence-corrected chi connectivity index (χ2v) is 6.78. The Morgan fingerprint density at radius 2 is 1.93 bits per heavy atom. The summed E-state index contributed by atoms with van der Waals surface area (Å²) >= 11 is 0. The van der Waals surface area contributed by atoms with Crippen LogP contribution in [0, 0.1) is 5.92 Å². The number of carbonyl (C=O) groups excluding carboxylic acids is 2. The van der Waals surface area contributed by atoms with Crippen LogP contribution in [0.15, 0.2) is 41.0 Å². The van der Waals surface area contributed by atoms with Gasteiger partial charge in [0.1, 0.15) is 5.76 Å². The van der Waals surface area contributed by atoms with E-state index in [1.165, 1.54) is 19.4 Å². The monoisotopic (exact) mass is 389 g/mol. The zero-order valence-electron chi connectivity index (χ0n) is 16.7. The first-order valence-corrected chi connectivity index (χ1v) is 9.21. The van der Waals surface area contributed by atoms with Gasteiger partial charge in [-0.1, -0.05) is 13.8 Å². The average Bonchev–Trinajstić information content (AvgIpc) is 3.21. The molecule has 1 heterocycles. The molecule has 0 aliphatic carbocycles. The first-order chi connectivity index (χ1) is 13.4. The molecule has 7 heteroatoms. The van der Waals surface area contributed by atoms with E-state index in [1.807, 2.05) is 0 Å². The maximum absolute atomic E-state index is 12.2. The van der Waals surface area contributed by atoms with Gasteiger partial charge < -0.3 is 23.9 Å². The highest BCUT2D eigenvalue weighted by molar-refractivity contribution is 5.92. The minimum atomic E-state index is -0.618. The summed E-state index contributed by atoms with van der Waals surface area (Å²) in [5, 5.41) is 2.70. The van der Waals surface area contributed by atoms with Gasteiger partial charge in [0.05, 0.1) is 31.6 Å². The van der Waals surface area contributed by atoms with Crippen LogP contribution in [0.4, 0.5) is 0 Å². The molecular formula is C21H27NO6. The molecule has 1 N–H and O–H groups in total. The fourth-order valence-electron chi connectivity index (χ4n) is 2.42. The van der Waals surface area contributed by atoms with Crippen molar-refractivity contribution in [1.29, 1.82) is 0 Å². The molecule has 0 saturated heterocycles. The third kappa shape index (κ3) is 6.33. The van der Waals surface area contributed by atoms with Crippen LogP contribution in [0.3, 0.4) is 0 Å². The second-order valence-electron chi connectivity index (χ2n) is 6.78. The molecule has 152 valence electrons. The number of esters is 1. The minimum absolute atomic E-state index is 0.278. The Morgan fingerprint density at radius 1 is 1.14 bits per heavy atom. The van der Waals surface area contributed by atoms with Crippen molar-refractivity contribution < 1.29 is 28.2 Å². The minimum Gasteiger partial charge on any atom is -0.493 e. The molecule has 2 rings (SSSR count). The predicted molar refractivity (Wildman–Crippen MR) is 103 cm³/mol. The number of hydrogen-bond acceptors (Lipinski definition) is 6. The third-order valence-corrected chi connectivity index (χ3v) is 4.03. The Balaban J connectivity index is 1.88. The third-order valence-electron chi connectivity index (χ3n) is 4.03. The molecule has 1 aromatic carbocycles. The number of rotatable bonds is 10. The normalized spacial score (nSPS) is 11.8. The average molecular weight is 389 g/mol. The molecular weight excluding hydrogens is 362 g/mol. The van der Waals surface area contributed by atoms with Gasteiger partial charge in [-0.15, -0.1) is 0 Å². The summed E-state index contributed by atoms with van der Waals surface area (Å²) in [5.41, 5.74) is 0.278. The van der Waals surface area contributed by atoms with Crippen LogP contribution < -0.4 is 14.8 Å². The lowest BCUT2D eigenvalue weighted by atomic mass is 10.1. The standard InChI is InChI=1S/C21H27NO6/c1-14(2)9-11-27-18-8-7-16(12-19(18)25-4)21(24)28-13-20(23)22-15(3)17-6-5-10-26-17/h5-8,10,12,14-15H,9,11,13H2,1-4H3,(H,22,23)/t15-/m0/s1. The van der Waals surface area contributed by atoms with Crippen molar-refractivity contribution in [1.82, 2.24) is 5.32 Å². The molecule has 0 unspecified atom stereocenters. The summed E-state index contributed by atoms with van der Waals surface area (Å²) in [6, 6.07) is 7.96. The molecule has 1 atom stereocenters. The number of amides is 1. The number of hydrogen-bond donors (Lipinski definition) is 1. The van der Waals surface area contributed by atoms with Gasteiger partial charge in [0.15, 0.2) is 18.1 Å². The van der Waals surface area contributed by atoms with E-state index in [9.17, 15) is 9.59 Å².